The van der Waals surface area contributed by atoms with Crippen LogP contribution in [0, 0.1) is 0 Å². The molecule has 1 aromatic heterocycles. The van der Waals surface area contributed by atoms with Gasteiger partial charge in [-0.1, -0.05) is 25.1 Å². The number of furan rings is 1. The number of hydrogen-bond donors (Lipinski definition) is 1. The van der Waals surface area contributed by atoms with Crippen molar-refractivity contribution in [2.75, 3.05) is 13.7 Å². The van der Waals surface area contributed by atoms with Crippen LogP contribution in [0.25, 0.3) is 0 Å². The summed E-state index contributed by atoms with van der Waals surface area (Å²) in [6, 6.07) is 9.89. The van der Waals surface area contributed by atoms with Crippen molar-refractivity contribution in [1.29, 1.82) is 0 Å². The van der Waals surface area contributed by atoms with Crippen molar-refractivity contribution in [2.45, 2.75) is 19.4 Å². The number of para-hydroxylation sites is 1. The molecule has 0 saturated carbocycles. The minimum Gasteiger partial charge on any atom is -0.496 e. The lowest BCUT2D eigenvalue weighted by molar-refractivity contribution is 0.391. The molecule has 1 aromatic carbocycles. The molecule has 1 heterocycles. The molecule has 1 atom stereocenters. The average molecular weight is 324 g/mol. The van der Waals surface area contributed by atoms with Gasteiger partial charge in [0, 0.05) is 5.56 Å². The molecule has 0 saturated heterocycles. The van der Waals surface area contributed by atoms with Gasteiger partial charge in [-0.2, -0.15) is 0 Å². The van der Waals surface area contributed by atoms with Crippen LogP contribution in [0.15, 0.2) is 45.5 Å². The molecule has 0 aliphatic rings. The van der Waals surface area contributed by atoms with Gasteiger partial charge in [-0.15, -0.1) is 0 Å². The third kappa shape index (κ3) is 3.19. The molecule has 0 amide bonds. The smallest absolute Gasteiger partial charge is 0.139 e. The van der Waals surface area contributed by atoms with Crippen molar-refractivity contribution in [3.05, 3.63) is 52.4 Å². The predicted molar refractivity (Wildman–Crippen MR) is 79.5 cm³/mol. The van der Waals surface area contributed by atoms with Gasteiger partial charge in [0.15, 0.2) is 0 Å². The molecule has 4 heteroatoms. The lowest BCUT2D eigenvalue weighted by Crippen LogP contribution is -2.23. The van der Waals surface area contributed by atoms with Crippen LogP contribution >= 0.6 is 15.9 Å². The van der Waals surface area contributed by atoms with E-state index in [0.29, 0.717) is 0 Å². The van der Waals surface area contributed by atoms with Crippen LogP contribution < -0.4 is 10.1 Å². The predicted octanol–water partition coefficient (Wildman–Crippen LogP) is 4.14. The highest BCUT2D eigenvalue weighted by Crippen LogP contribution is 2.34. The summed E-state index contributed by atoms with van der Waals surface area (Å²) in [4.78, 5) is 0. The first-order valence-electron chi connectivity index (χ1n) is 6.37. The fourth-order valence-electron chi connectivity index (χ4n) is 2.05. The number of hydrogen-bond acceptors (Lipinski definition) is 3. The lowest BCUT2D eigenvalue weighted by atomic mass is 10.0. The van der Waals surface area contributed by atoms with Gasteiger partial charge in [0.05, 0.1) is 23.9 Å². The molecule has 0 radical (unpaired) electrons. The second-order valence-electron chi connectivity index (χ2n) is 4.26. The highest BCUT2D eigenvalue weighted by molar-refractivity contribution is 9.10. The Bertz CT molecular complexity index is 524. The number of ether oxygens (including phenoxy) is 1. The van der Waals surface area contributed by atoms with Crippen LogP contribution in [0.5, 0.6) is 5.75 Å². The van der Waals surface area contributed by atoms with E-state index in [1.807, 2.05) is 24.3 Å². The summed E-state index contributed by atoms with van der Waals surface area (Å²) in [6.45, 7) is 3.05. The molecular formula is C15H18BrNO2. The molecule has 1 N–H and O–H groups in total. The Balaban J connectivity index is 2.40. The van der Waals surface area contributed by atoms with E-state index >= 15 is 0 Å². The van der Waals surface area contributed by atoms with Crippen molar-refractivity contribution < 1.29 is 9.15 Å². The number of methoxy groups -OCH3 is 1. The summed E-state index contributed by atoms with van der Waals surface area (Å²) in [5.74, 6) is 1.73. The standard InChI is InChI=1S/C15H18BrNO2/c1-3-9-17-14(15-12(16)8-10-19-15)11-6-4-5-7-13(11)18-2/h4-8,10,14,17H,3,9H2,1-2H3. The molecule has 102 valence electrons. The van der Waals surface area contributed by atoms with Gasteiger partial charge in [-0.05, 0) is 41.0 Å². The second-order valence-corrected chi connectivity index (χ2v) is 5.12. The van der Waals surface area contributed by atoms with E-state index in [9.17, 15) is 0 Å². The van der Waals surface area contributed by atoms with Crippen LogP contribution in [-0.2, 0) is 0 Å². The van der Waals surface area contributed by atoms with Gasteiger partial charge < -0.3 is 14.5 Å². The monoisotopic (exact) mass is 323 g/mol. The molecule has 0 spiro atoms. The quantitative estimate of drug-likeness (QED) is 0.867. The maximum atomic E-state index is 5.61. The van der Waals surface area contributed by atoms with Gasteiger partial charge in [0.25, 0.3) is 0 Å². The molecule has 0 aliphatic carbocycles. The number of nitrogens with one attached hydrogen (secondary N) is 1. The third-order valence-electron chi connectivity index (χ3n) is 2.96. The van der Waals surface area contributed by atoms with Crippen molar-refractivity contribution in [3.8, 4) is 5.75 Å². The Labute approximate surface area is 122 Å². The maximum absolute atomic E-state index is 5.61. The van der Waals surface area contributed by atoms with Crippen LogP contribution in [0.4, 0.5) is 0 Å². The first-order valence-corrected chi connectivity index (χ1v) is 7.16. The molecule has 3 nitrogen and oxygen atoms in total. The lowest BCUT2D eigenvalue weighted by Gasteiger charge is -2.19. The van der Waals surface area contributed by atoms with Crippen LogP contribution in [-0.4, -0.2) is 13.7 Å². The topological polar surface area (TPSA) is 34.4 Å². The molecule has 2 rings (SSSR count). The van der Waals surface area contributed by atoms with Crippen LogP contribution in [0.1, 0.15) is 30.7 Å². The Hall–Kier alpha value is -1.26. The molecule has 2 aromatic rings. The van der Waals surface area contributed by atoms with Crippen LogP contribution in [0.3, 0.4) is 0 Å². The van der Waals surface area contributed by atoms with E-state index in [1.54, 1.807) is 13.4 Å². The Morgan fingerprint density at radius 3 is 2.74 bits per heavy atom. The van der Waals surface area contributed by atoms with E-state index in [1.165, 1.54) is 0 Å². The fourth-order valence-corrected chi connectivity index (χ4v) is 2.48. The number of rotatable bonds is 6. The molecule has 0 fully saturated rings. The van der Waals surface area contributed by atoms with E-state index in [2.05, 4.69) is 34.2 Å². The summed E-state index contributed by atoms with van der Waals surface area (Å²) < 4.78 is 12.0. The zero-order valence-electron chi connectivity index (χ0n) is 11.2. The Morgan fingerprint density at radius 2 is 2.11 bits per heavy atom. The normalized spacial score (nSPS) is 12.4. The first-order chi connectivity index (χ1) is 9.27. The molecular weight excluding hydrogens is 306 g/mol. The first kappa shape index (κ1) is 14.2. The van der Waals surface area contributed by atoms with E-state index in [0.717, 1.165) is 34.5 Å². The third-order valence-corrected chi connectivity index (χ3v) is 3.61. The number of halogens is 1. The van der Waals surface area contributed by atoms with Crippen molar-refractivity contribution >= 4 is 15.9 Å². The molecule has 0 aliphatic heterocycles. The molecule has 0 bridgehead atoms. The zero-order chi connectivity index (χ0) is 13.7. The van der Waals surface area contributed by atoms with Crippen LogP contribution in [0.2, 0.25) is 0 Å². The minimum atomic E-state index is -0.0134. The van der Waals surface area contributed by atoms with Gasteiger partial charge in [-0.3, -0.25) is 0 Å². The zero-order valence-corrected chi connectivity index (χ0v) is 12.7. The minimum absolute atomic E-state index is 0.0134. The summed E-state index contributed by atoms with van der Waals surface area (Å²) >= 11 is 3.53. The van der Waals surface area contributed by atoms with E-state index < -0.39 is 0 Å². The second kappa shape index (κ2) is 6.78. The number of benzene rings is 1. The van der Waals surface area contributed by atoms with Gasteiger partial charge >= 0.3 is 0 Å². The van der Waals surface area contributed by atoms with Gasteiger partial charge in [-0.25, -0.2) is 0 Å². The largest absolute Gasteiger partial charge is 0.496 e. The maximum Gasteiger partial charge on any atom is 0.139 e. The summed E-state index contributed by atoms with van der Waals surface area (Å²) in [7, 11) is 1.69. The summed E-state index contributed by atoms with van der Waals surface area (Å²) in [5.41, 5.74) is 1.08. The van der Waals surface area contributed by atoms with Crippen molar-refractivity contribution in [1.82, 2.24) is 5.32 Å². The summed E-state index contributed by atoms with van der Waals surface area (Å²) in [6.07, 6.45) is 2.75. The molecule has 1 unspecified atom stereocenters. The van der Waals surface area contributed by atoms with E-state index in [-0.39, 0.29) is 6.04 Å². The average Bonchev–Trinajstić information content (AvgIpc) is 2.86. The Morgan fingerprint density at radius 1 is 1.32 bits per heavy atom. The van der Waals surface area contributed by atoms with E-state index in [4.69, 9.17) is 9.15 Å². The van der Waals surface area contributed by atoms with Crippen molar-refractivity contribution in [3.63, 3.8) is 0 Å². The summed E-state index contributed by atoms with van der Waals surface area (Å²) in [5, 5.41) is 3.50. The van der Waals surface area contributed by atoms with Crippen molar-refractivity contribution in [2.24, 2.45) is 0 Å². The fraction of sp³-hybridized carbons (Fsp3) is 0.333. The highest BCUT2D eigenvalue weighted by atomic mass is 79.9. The Kier molecular flexibility index (Phi) is 5.05. The van der Waals surface area contributed by atoms with Gasteiger partial charge in [0.1, 0.15) is 11.5 Å². The SMILES string of the molecule is CCCNC(c1ccccc1OC)c1occc1Br. The highest BCUT2D eigenvalue weighted by Gasteiger charge is 2.22. The van der Waals surface area contributed by atoms with Gasteiger partial charge in [0.2, 0.25) is 0 Å². The molecule has 19 heavy (non-hydrogen) atoms.